The Morgan fingerprint density at radius 3 is 2.67 bits per heavy atom. The number of ether oxygens (including phenoxy) is 1. The smallest absolute Gasteiger partial charge is 0.418 e. The topological polar surface area (TPSA) is 49.8 Å². The molecule has 1 fully saturated rings. The number of carbonyl (C=O) groups excluding carboxylic acids is 1. The lowest BCUT2D eigenvalue weighted by Gasteiger charge is -2.29. The SMILES string of the molecule is O=C1COCCN1c1ccc(O)cc1C(F)(F)F. The molecule has 0 radical (unpaired) electrons. The highest BCUT2D eigenvalue weighted by Gasteiger charge is 2.37. The molecule has 18 heavy (non-hydrogen) atoms. The van der Waals surface area contributed by atoms with Crippen LogP contribution in [-0.4, -0.2) is 30.8 Å². The molecule has 1 N–H and O–H groups in total. The highest BCUT2D eigenvalue weighted by atomic mass is 19.4. The number of phenols is 1. The third-order valence-corrected chi connectivity index (χ3v) is 2.56. The van der Waals surface area contributed by atoms with Gasteiger partial charge in [-0.1, -0.05) is 0 Å². The quantitative estimate of drug-likeness (QED) is 0.838. The van der Waals surface area contributed by atoms with Crippen molar-refractivity contribution >= 4 is 11.6 Å². The molecule has 7 heteroatoms. The van der Waals surface area contributed by atoms with E-state index in [9.17, 15) is 18.0 Å². The summed E-state index contributed by atoms with van der Waals surface area (Å²) in [6.07, 6.45) is -4.63. The molecular weight excluding hydrogens is 251 g/mol. The van der Waals surface area contributed by atoms with Gasteiger partial charge in [0.15, 0.2) is 0 Å². The second kappa shape index (κ2) is 4.49. The van der Waals surface area contributed by atoms with Crippen LogP contribution in [0.15, 0.2) is 18.2 Å². The first-order chi connectivity index (χ1) is 8.39. The zero-order valence-corrected chi connectivity index (χ0v) is 9.20. The van der Waals surface area contributed by atoms with Crippen molar-refractivity contribution in [3.8, 4) is 5.75 Å². The van der Waals surface area contributed by atoms with E-state index < -0.39 is 23.4 Å². The van der Waals surface area contributed by atoms with Crippen LogP contribution in [0.3, 0.4) is 0 Å². The third-order valence-electron chi connectivity index (χ3n) is 2.56. The number of rotatable bonds is 1. The van der Waals surface area contributed by atoms with Gasteiger partial charge in [-0.15, -0.1) is 0 Å². The minimum Gasteiger partial charge on any atom is -0.508 e. The number of carbonyl (C=O) groups is 1. The van der Waals surface area contributed by atoms with E-state index in [-0.39, 0.29) is 25.4 Å². The number of hydrogen-bond acceptors (Lipinski definition) is 3. The van der Waals surface area contributed by atoms with Crippen LogP contribution >= 0.6 is 0 Å². The standard InChI is InChI=1S/C11H10F3NO3/c12-11(13,14)8-5-7(16)1-2-9(8)15-3-4-18-6-10(15)17/h1-2,5,16H,3-4,6H2. The lowest BCUT2D eigenvalue weighted by Crippen LogP contribution is -2.42. The number of benzene rings is 1. The van der Waals surface area contributed by atoms with Crippen LogP contribution in [0, 0.1) is 0 Å². The predicted octanol–water partition coefficient (Wildman–Crippen LogP) is 1.77. The van der Waals surface area contributed by atoms with Gasteiger partial charge in [-0.2, -0.15) is 13.2 Å². The fourth-order valence-corrected chi connectivity index (χ4v) is 1.76. The highest BCUT2D eigenvalue weighted by Crippen LogP contribution is 2.38. The second-order valence-electron chi connectivity index (χ2n) is 3.80. The molecule has 0 bridgehead atoms. The maximum Gasteiger partial charge on any atom is 0.418 e. The third kappa shape index (κ3) is 2.40. The molecule has 1 heterocycles. The van der Waals surface area contributed by atoms with E-state index in [1.54, 1.807) is 0 Å². The fraction of sp³-hybridized carbons (Fsp3) is 0.364. The van der Waals surface area contributed by atoms with Gasteiger partial charge in [-0.3, -0.25) is 4.79 Å². The molecule has 0 atom stereocenters. The van der Waals surface area contributed by atoms with Crippen molar-refractivity contribution in [2.24, 2.45) is 0 Å². The van der Waals surface area contributed by atoms with Crippen LogP contribution in [0.25, 0.3) is 0 Å². The Bertz CT molecular complexity index is 473. The Hall–Kier alpha value is -1.76. The molecule has 4 nitrogen and oxygen atoms in total. The van der Waals surface area contributed by atoms with Crippen molar-refractivity contribution in [2.75, 3.05) is 24.7 Å². The Morgan fingerprint density at radius 2 is 2.06 bits per heavy atom. The van der Waals surface area contributed by atoms with Gasteiger partial charge in [0.25, 0.3) is 5.91 Å². The molecule has 1 aliphatic rings. The van der Waals surface area contributed by atoms with Gasteiger partial charge in [0.05, 0.1) is 17.9 Å². The second-order valence-corrected chi connectivity index (χ2v) is 3.80. The lowest BCUT2D eigenvalue weighted by atomic mass is 10.1. The molecule has 0 unspecified atom stereocenters. The van der Waals surface area contributed by atoms with Crippen molar-refractivity contribution in [1.29, 1.82) is 0 Å². The first kappa shape index (κ1) is 12.7. The molecule has 1 saturated heterocycles. The van der Waals surface area contributed by atoms with Gasteiger partial charge in [-0.05, 0) is 18.2 Å². The number of anilines is 1. The summed E-state index contributed by atoms with van der Waals surface area (Å²) in [5.74, 6) is -1.02. The van der Waals surface area contributed by atoms with Gasteiger partial charge in [0.2, 0.25) is 0 Å². The average Bonchev–Trinajstić information content (AvgIpc) is 2.29. The van der Waals surface area contributed by atoms with Gasteiger partial charge in [0, 0.05) is 6.54 Å². The van der Waals surface area contributed by atoms with E-state index >= 15 is 0 Å². The predicted molar refractivity (Wildman–Crippen MR) is 56.3 cm³/mol. The number of aromatic hydroxyl groups is 1. The molecule has 0 aliphatic carbocycles. The van der Waals surface area contributed by atoms with E-state index in [2.05, 4.69) is 0 Å². The van der Waals surface area contributed by atoms with Gasteiger partial charge in [0.1, 0.15) is 12.4 Å². The van der Waals surface area contributed by atoms with Crippen LogP contribution in [0.1, 0.15) is 5.56 Å². The van der Waals surface area contributed by atoms with Crippen molar-refractivity contribution in [1.82, 2.24) is 0 Å². The average molecular weight is 261 g/mol. The zero-order valence-electron chi connectivity index (χ0n) is 9.20. The maximum absolute atomic E-state index is 12.8. The summed E-state index contributed by atoms with van der Waals surface area (Å²) >= 11 is 0. The minimum atomic E-state index is -4.63. The maximum atomic E-state index is 12.8. The molecular formula is C11H10F3NO3. The number of alkyl halides is 3. The summed E-state index contributed by atoms with van der Waals surface area (Å²) < 4.78 is 43.4. The Labute approximate surface area is 101 Å². The van der Waals surface area contributed by atoms with Gasteiger partial charge in [-0.25, -0.2) is 0 Å². The minimum absolute atomic E-state index is 0.0622. The molecule has 98 valence electrons. The monoisotopic (exact) mass is 261 g/mol. The number of hydrogen-bond donors (Lipinski definition) is 1. The van der Waals surface area contributed by atoms with Crippen molar-refractivity contribution in [3.05, 3.63) is 23.8 Å². The summed E-state index contributed by atoms with van der Waals surface area (Å²) in [4.78, 5) is 12.5. The number of morpholine rings is 1. The van der Waals surface area contributed by atoms with Crippen LogP contribution < -0.4 is 4.90 Å². The number of halogens is 3. The summed E-state index contributed by atoms with van der Waals surface area (Å²) in [5, 5.41) is 9.14. The van der Waals surface area contributed by atoms with Crippen LogP contribution in [-0.2, 0) is 15.7 Å². The van der Waals surface area contributed by atoms with E-state index in [1.807, 2.05) is 0 Å². The molecule has 1 amide bonds. The van der Waals surface area contributed by atoms with Crippen molar-refractivity contribution in [2.45, 2.75) is 6.18 Å². The van der Waals surface area contributed by atoms with E-state index in [0.717, 1.165) is 17.0 Å². The summed E-state index contributed by atoms with van der Waals surface area (Å²) in [6.45, 7) is 0.00871. The summed E-state index contributed by atoms with van der Waals surface area (Å²) in [7, 11) is 0. The molecule has 0 saturated carbocycles. The van der Waals surface area contributed by atoms with Crippen molar-refractivity contribution < 1.29 is 27.8 Å². The number of nitrogens with zero attached hydrogens (tertiary/aromatic N) is 1. The Balaban J connectivity index is 2.46. The van der Waals surface area contributed by atoms with Crippen LogP contribution in [0.5, 0.6) is 5.75 Å². The van der Waals surface area contributed by atoms with Crippen LogP contribution in [0.2, 0.25) is 0 Å². The number of phenolic OH excluding ortho intramolecular Hbond substituents is 1. The van der Waals surface area contributed by atoms with Gasteiger partial charge >= 0.3 is 6.18 Å². The Kier molecular flexibility index (Phi) is 3.16. The number of amides is 1. The normalized spacial score (nSPS) is 17.1. The summed E-state index contributed by atoms with van der Waals surface area (Å²) in [6, 6.07) is 2.81. The Morgan fingerprint density at radius 1 is 1.33 bits per heavy atom. The van der Waals surface area contributed by atoms with Gasteiger partial charge < -0.3 is 14.7 Å². The molecule has 0 aromatic heterocycles. The van der Waals surface area contributed by atoms with Crippen LogP contribution in [0.4, 0.5) is 18.9 Å². The fourth-order valence-electron chi connectivity index (χ4n) is 1.76. The van der Waals surface area contributed by atoms with Crippen molar-refractivity contribution in [3.63, 3.8) is 0 Å². The first-order valence-electron chi connectivity index (χ1n) is 5.18. The lowest BCUT2D eigenvalue weighted by molar-refractivity contribution is -0.137. The van der Waals surface area contributed by atoms with E-state index in [4.69, 9.17) is 9.84 Å². The molecule has 0 spiro atoms. The van der Waals surface area contributed by atoms with E-state index in [1.165, 1.54) is 0 Å². The molecule has 2 rings (SSSR count). The zero-order chi connectivity index (χ0) is 13.3. The van der Waals surface area contributed by atoms with E-state index in [0.29, 0.717) is 6.07 Å². The molecule has 1 aliphatic heterocycles. The molecule has 1 aromatic carbocycles. The first-order valence-corrected chi connectivity index (χ1v) is 5.18. The highest BCUT2D eigenvalue weighted by molar-refractivity contribution is 5.95. The summed E-state index contributed by atoms with van der Waals surface area (Å²) in [5.41, 5.74) is -1.29. The largest absolute Gasteiger partial charge is 0.508 e. The molecule has 1 aromatic rings.